The zero-order chi connectivity index (χ0) is 14.9. The van der Waals surface area contributed by atoms with E-state index in [4.69, 9.17) is 15.2 Å². The van der Waals surface area contributed by atoms with Crippen LogP contribution in [0.15, 0.2) is 10.5 Å². The van der Waals surface area contributed by atoms with E-state index in [0.717, 1.165) is 18.5 Å². The first kappa shape index (κ1) is 15.5. The van der Waals surface area contributed by atoms with Gasteiger partial charge in [-0.2, -0.15) is 0 Å². The lowest BCUT2D eigenvalue weighted by atomic mass is 9.98. The summed E-state index contributed by atoms with van der Waals surface area (Å²) in [6.45, 7) is 1.53. The van der Waals surface area contributed by atoms with E-state index in [-0.39, 0.29) is 11.9 Å². The summed E-state index contributed by atoms with van der Waals surface area (Å²) in [6, 6.07) is 1.40. The maximum Gasteiger partial charge on any atom is 0.166 e. The monoisotopic (exact) mass is 346 g/mol. The molecule has 20 heavy (non-hydrogen) atoms. The van der Waals surface area contributed by atoms with Crippen LogP contribution in [-0.4, -0.2) is 39.3 Å². The van der Waals surface area contributed by atoms with E-state index in [1.807, 2.05) is 7.05 Å². The summed E-state index contributed by atoms with van der Waals surface area (Å²) in [6.07, 6.45) is 0.883. The van der Waals surface area contributed by atoms with E-state index in [0.29, 0.717) is 28.4 Å². The number of halogens is 2. The van der Waals surface area contributed by atoms with Crippen LogP contribution in [-0.2, 0) is 0 Å². The molecule has 0 aliphatic carbocycles. The van der Waals surface area contributed by atoms with Gasteiger partial charge >= 0.3 is 0 Å². The summed E-state index contributed by atoms with van der Waals surface area (Å²) >= 11 is 3.35. The van der Waals surface area contributed by atoms with E-state index >= 15 is 0 Å². The van der Waals surface area contributed by atoms with Gasteiger partial charge in [-0.15, -0.1) is 0 Å². The van der Waals surface area contributed by atoms with Crippen molar-refractivity contribution in [2.75, 3.05) is 34.4 Å². The lowest BCUT2D eigenvalue weighted by Gasteiger charge is -2.24. The number of rotatable bonds is 4. The molecule has 1 aliphatic heterocycles. The molecule has 2 unspecified atom stereocenters. The molecular formula is C14H20BrFN2O2. The molecule has 1 saturated heterocycles. The Morgan fingerprint density at radius 2 is 2.15 bits per heavy atom. The first-order valence-corrected chi connectivity index (χ1v) is 7.32. The molecule has 0 spiro atoms. The van der Waals surface area contributed by atoms with Gasteiger partial charge < -0.3 is 15.2 Å². The van der Waals surface area contributed by atoms with Gasteiger partial charge in [0.05, 0.1) is 18.7 Å². The molecule has 2 atom stereocenters. The summed E-state index contributed by atoms with van der Waals surface area (Å²) in [5.41, 5.74) is 6.56. The highest BCUT2D eigenvalue weighted by molar-refractivity contribution is 9.10. The number of hydrogen-bond acceptors (Lipinski definition) is 4. The highest BCUT2D eigenvalue weighted by Gasteiger charge is 2.35. The minimum Gasteiger partial charge on any atom is -0.493 e. The largest absolute Gasteiger partial charge is 0.493 e. The van der Waals surface area contributed by atoms with Gasteiger partial charge in [0.15, 0.2) is 11.5 Å². The predicted molar refractivity (Wildman–Crippen MR) is 79.7 cm³/mol. The van der Waals surface area contributed by atoms with Crippen LogP contribution in [0.2, 0.25) is 0 Å². The van der Waals surface area contributed by atoms with Crippen molar-refractivity contribution in [1.29, 1.82) is 0 Å². The third-order valence-electron chi connectivity index (χ3n) is 3.90. The summed E-state index contributed by atoms with van der Waals surface area (Å²) in [4.78, 5) is 2.18. The van der Waals surface area contributed by atoms with E-state index in [2.05, 4.69) is 20.8 Å². The summed E-state index contributed by atoms with van der Waals surface area (Å²) in [5.74, 6) is 1.06. The van der Waals surface area contributed by atoms with Crippen molar-refractivity contribution < 1.29 is 13.9 Å². The standard InChI is InChI=1S/C14H20BrFN2O2/c1-18-7-8(6-17)4-10(18)12-13(15)9(16)5-11(19-2)14(12)20-3/h5,8,10H,4,6-7,17H2,1-3H3. The van der Waals surface area contributed by atoms with Crippen LogP contribution in [0.4, 0.5) is 4.39 Å². The molecule has 2 N–H and O–H groups in total. The predicted octanol–water partition coefficient (Wildman–Crippen LogP) is 2.56. The molecule has 0 bridgehead atoms. The Hall–Kier alpha value is -0.850. The number of hydrogen-bond donors (Lipinski definition) is 1. The second-order valence-electron chi connectivity index (χ2n) is 5.11. The van der Waals surface area contributed by atoms with Crippen LogP contribution in [0.3, 0.4) is 0 Å². The summed E-state index contributed by atoms with van der Waals surface area (Å²) in [5, 5.41) is 0. The van der Waals surface area contributed by atoms with Crippen LogP contribution in [0.5, 0.6) is 11.5 Å². The quantitative estimate of drug-likeness (QED) is 0.910. The first-order chi connectivity index (χ1) is 9.53. The number of ether oxygens (including phenoxy) is 2. The second kappa shape index (κ2) is 6.28. The molecule has 1 heterocycles. The Kier molecular flexibility index (Phi) is 4.88. The lowest BCUT2D eigenvalue weighted by molar-refractivity contribution is 0.293. The third-order valence-corrected chi connectivity index (χ3v) is 4.70. The summed E-state index contributed by atoms with van der Waals surface area (Å²) in [7, 11) is 5.10. The van der Waals surface area contributed by atoms with Gasteiger partial charge in [-0.3, -0.25) is 4.90 Å². The fraction of sp³-hybridized carbons (Fsp3) is 0.571. The van der Waals surface area contributed by atoms with E-state index < -0.39 is 0 Å². The SMILES string of the molecule is COc1cc(F)c(Br)c(C2CC(CN)CN2C)c1OC. The lowest BCUT2D eigenvalue weighted by Crippen LogP contribution is -2.21. The van der Waals surface area contributed by atoms with Crippen LogP contribution >= 0.6 is 15.9 Å². The van der Waals surface area contributed by atoms with E-state index in [1.165, 1.54) is 13.2 Å². The van der Waals surface area contributed by atoms with E-state index in [9.17, 15) is 4.39 Å². The molecule has 0 saturated carbocycles. The minimum atomic E-state index is -0.345. The molecule has 112 valence electrons. The number of nitrogens with zero attached hydrogens (tertiary/aromatic N) is 1. The summed E-state index contributed by atoms with van der Waals surface area (Å²) < 4.78 is 25.2. The van der Waals surface area contributed by atoms with Gasteiger partial charge in [-0.05, 0) is 41.9 Å². The van der Waals surface area contributed by atoms with Crippen LogP contribution in [0.1, 0.15) is 18.0 Å². The maximum absolute atomic E-state index is 14.1. The van der Waals surface area contributed by atoms with Crippen molar-refractivity contribution in [2.24, 2.45) is 11.7 Å². The normalized spacial score (nSPS) is 23.1. The van der Waals surface area contributed by atoms with Crippen molar-refractivity contribution in [3.05, 3.63) is 21.9 Å². The minimum absolute atomic E-state index is 0.0671. The molecule has 0 amide bonds. The Morgan fingerprint density at radius 3 is 2.65 bits per heavy atom. The average molecular weight is 347 g/mol. The average Bonchev–Trinajstić information content (AvgIpc) is 2.82. The molecule has 4 nitrogen and oxygen atoms in total. The number of benzene rings is 1. The van der Waals surface area contributed by atoms with Gasteiger partial charge in [0, 0.05) is 24.2 Å². The van der Waals surface area contributed by atoms with Crippen LogP contribution < -0.4 is 15.2 Å². The van der Waals surface area contributed by atoms with Crippen LogP contribution in [0, 0.1) is 11.7 Å². The Morgan fingerprint density at radius 1 is 1.45 bits per heavy atom. The van der Waals surface area contributed by atoms with Gasteiger partial charge in [0.2, 0.25) is 0 Å². The molecule has 1 fully saturated rings. The first-order valence-electron chi connectivity index (χ1n) is 6.53. The number of nitrogens with two attached hydrogens (primary N) is 1. The van der Waals surface area contributed by atoms with Crippen molar-refractivity contribution >= 4 is 15.9 Å². The van der Waals surface area contributed by atoms with Gasteiger partial charge in [-0.1, -0.05) is 0 Å². The molecule has 0 aromatic heterocycles. The van der Waals surface area contributed by atoms with Crippen LogP contribution in [0.25, 0.3) is 0 Å². The van der Waals surface area contributed by atoms with Crippen molar-refractivity contribution in [3.63, 3.8) is 0 Å². The Labute approximate surface area is 127 Å². The molecule has 2 rings (SSSR count). The van der Waals surface area contributed by atoms with Crippen molar-refractivity contribution in [1.82, 2.24) is 4.90 Å². The molecular weight excluding hydrogens is 327 g/mol. The Bertz CT molecular complexity index is 499. The third kappa shape index (κ3) is 2.64. The van der Waals surface area contributed by atoms with E-state index in [1.54, 1.807) is 7.11 Å². The molecule has 1 aromatic carbocycles. The van der Waals surface area contributed by atoms with Gasteiger partial charge in [0.1, 0.15) is 5.82 Å². The van der Waals surface area contributed by atoms with Gasteiger partial charge in [0.25, 0.3) is 0 Å². The smallest absolute Gasteiger partial charge is 0.166 e. The molecule has 1 aliphatic rings. The zero-order valence-corrected chi connectivity index (χ0v) is 13.5. The zero-order valence-electron chi connectivity index (χ0n) is 12.0. The molecule has 0 radical (unpaired) electrons. The maximum atomic E-state index is 14.1. The van der Waals surface area contributed by atoms with Crippen molar-refractivity contribution in [2.45, 2.75) is 12.5 Å². The topological polar surface area (TPSA) is 47.7 Å². The fourth-order valence-electron chi connectivity index (χ4n) is 2.88. The molecule has 1 aromatic rings. The van der Waals surface area contributed by atoms with Crippen molar-refractivity contribution in [3.8, 4) is 11.5 Å². The second-order valence-corrected chi connectivity index (χ2v) is 5.91. The highest BCUT2D eigenvalue weighted by atomic mass is 79.9. The number of likely N-dealkylation sites (tertiary alicyclic amines) is 1. The van der Waals surface area contributed by atoms with Gasteiger partial charge in [-0.25, -0.2) is 4.39 Å². The Balaban J connectivity index is 2.52. The highest BCUT2D eigenvalue weighted by Crippen LogP contribution is 2.47. The molecule has 6 heteroatoms. The number of methoxy groups -OCH3 is 2. The fourth-order valence-corrected chi connectivity index (χ4v) is 3.44.